The van der Waals surface area contributed by atoms with Gasteiger partial charge in [-0.3, -0.25) is 14.6 Å². The average Bonchev–Trinajstić information content (AvgIpc) is 3.30. The molecule has 1 aromatic heterocycles. The van der Waals surface area contributed by atoms with Crippen molar-refractivity contribution in [2.24, 2.45) is 5.92 Å². The van der Waals surface area contributed by atoms with E-state index >= 15 is 0 Å². The van der Waals surface area contributed by atoms with E-state index < -0.39 is 23.2 Å². The van der Waals surface area contributed by atoms with Gasteiger partial charge in [0.15, 0.2) is 0 Å². The predicted octanol–water partition coefficient (Wildman–Crippen LogP) is 4.27. The Hall–Kier alpha value is -2.98. The summed E-state index contributed by atoms with van der Waals surface area (Å²) in [5.41, 5.74) is -1.27. The normalized spacial score (nSPS) is 25.6. The molecule has 3 N–H and O–H groups in total. The number of rotatable bonds is 8. The first-order valence-corrected chi connectivity index (χ1v) is 13.6. The van der Waals surface area contributed by atoms with Crippen LogP contribution in [0.1, 0.15) is 74.0 Å². The summed E-state index contributed by atoms with van der Waals surface area (Å²) in [5, 5.41) is 17.3. The van der Waals surface area contributed by atoms with E-state index in [0.717, 1.165) is 37.8 Å². The Labute approximate surface area is 227 Å². The zero-order valence-electron chi connectivity index (χ0n) is 22.4. The fraction of sp³-hybridized carbons (Fsp3) is 0.552. The minimum absolute atomic E-state index is 0.00880. The van der Waals surface area contributed by atoms with Gasteiger partial charge in [0.2, 0.25) is 5.91 Å². The maximum atomic E-state index is 13.1. The molecule has 2 aromatic rings. The van der Waals surface area contributed by atoms with Crippen LogP contribution in [0.5, 0.6) is 0 Å². The zero-order chi connectivity index (χ0) is 28.2. The van der Waals surface area contributed by atoms with Crippen LogP contribution in [0.4, 0.5) is 13.2 Å². The summed E-state index contributed by atoms with van der Waals surface area (Å²) in [7, 11) is 0. The lowest BCUT2D eigenvalue weighted by molar-refractivity contribution is -0.137. The van der Waals surface area contributed by atoms with Crippen molar-refractivity contribution in [2.45, 2.75) is 82.3 Å². The first-order chi connectivity index (χ1) is 18.4. The molecule has 1 saturated heterocycles. The average molecular weight is 547 g/mol. The van der Waals surface area contributed by atoms with E-state index in [1.165, 1.54) is 12.1 Å². The van der Waals surface area contributed by atoms with Gasteiger partial charge in [0.25, 0.3) is 5.91 Å². The molecular weight excluding hydrogens is 509 g/mol. The smallest absolute Gasteiger partial charge is 0.384 e. The molecule has 2 atom stereocenters. The Morgan fingerprint density at radius 1 is 1.13 bits per heavy atom. The van der Waals surface area contributed by atoms with Gasteiger partial charge in [0.05, 0.1) is 17.8 Å². The number of nitrogens with one attached hydrogen (secondary N) is 2. The van der Waals surface area contributed by atoms with Gasteiger partial charge in [-0.05, 0) is 74.8 Å². The molecule has 10 heteroatoms. The van der Waals surface area contributed by atoms with E-state index in [4.69, 9.17) is 0 Å². The maximum absolute atomic E-state index is 13.1. The number of carbonyl (C=O) groups excluding carboxylic acids is 2. The van der Waals surface area contributed by atoms with Crippen molar-refractivity contribution in [2.75, 3.05) is 13.1 Å². The number of carbonyl (C=O) groups is 2. The van der Waals surface area contributed by atoms with E-state index in [9.17, 15) is 27.9 Å². The lowest BCUT2D eigenvalue weighted by atomic mass is 9.79. The van der Waals surface area contributed by atoms with Gasteiger partial charge >= 0.3 is 6.18 Å². The minimum Gasteiger partial charge on any atom is -0.384 e. The number of amides is 2. The summed E-state index contributed by atoms with van der Waals surface area (Å²) < 4.78 is 39.0. The van der Waals surface area contributed by atoms with Crippen molar-refractivity contribution in [1.29, 1.82) is 0 Å². The SMILES string of the molecule is CC(C)C[C@H]1C[C@H](NC2CCC(O)(c3ccccn3)CC2)CN1C(=O)CNC(=O)c1cccc(C(F)(F)F)c1. The molecule has 0 spiro atoms. The molecule has 2 fully saturated rings. The number of halogens is 3. The van der Waals surface area contributed by atoms with Gasteiger partial charge in [0, 0.05) is 36.4 Å². The highest BCUT2D eigenvalue weighted by Gasteiger charge is 2.40. The minimum atomic E-state index is -4.55. The van der Waals surface area contributed by atoms with Crippen LogP contribution in [0.2, 0.25) is 0 Å². The monoisotopic (exact) mass is 546 g/mol. The largest absolute Gasteiger partial charge is 0.416 e. The number of nitrogens with zero attached hydrogens (tertiary/aromatic N) is 2. The molecule has 212 valence electrons. The van der Waals surface area contributed by atoms with Crippen LogP contribution in [0.3, 0.4) is 0 Å². The Morgan fingerprint density at radius 3 is 2.51 bits per heavy atom. The molecule has 0 unspecified atom stereocenters. The fourth-order valence-electron chi connectivity index (χ4n) is 5.80. The Morgan fingerprint density at radius 2 is 1.87 bits per heavy atom. The van der Waals surface area contributed by atoms with Crippen molar-refractivity contribution in [3.05, 3.63) is 65.5 Å². The van der Waals surface area contributed by atoms with Gasteiger partial charge < -0.3 is 20.6 Å². The third kappa shape index (κ3) is 7.36. The molecular formula is C29H37F3N4O3. The van der Waals surface area contributed by atoms with Crippen molar-refractivity contribution in [3.63, 3.8) is 0 Å². The molecule has 1 aliphatic carbocycles. The van der Waals surface area contributed by atoms with Crippen LogP contribution in [-0.4, -0.2) is 58.0 Å². The standard InChI is InChI=1S/C29H37F3N4O3/c1-19(2)14-24-16-23(35-22-9-11-28(39,12-10-22)25-8-3-4-13-33-25)18-36(24)26(37)17-34-27(38)20-6-5-7-21(15-20)29(30,31)32/h3-8,13,15,19,22-24,35,39H,9-12,14,16-18H2,1-2H3,(H,34,38)/t22?,23-,24-,28?/m0/s1. The lowest BCUT2D eigenvalue weighted by Gasteiger charge is -2.37. The number of hydrogen-bond acceptors (Lipinski definition) is 5. The molecule has 4 rings (SSSR count). The Balaban J connectivity index is 1.32. The molecule has 7 nitrogen and oxygen atoms in total. The lowest BCUT2D eigenvalue weighted by Crippen LogP contribution is -2.46. The second-order valence-electron chi connectivity index (χ2n) is 11.2. The first kappa shape index (κ1) is 29.0. The van der Waals surface area contributed by atoms with E-state index in [2.05, 4.69) is 29.5 Å². The first-order valence-electron chi connectivity index (χ1n) is 13.6. The number of likely N-dealkylation sites (tertiary alicyclic amines) is 1. The van der Waals surface area contributed by atoms with Crippen LogP contribution in [-0.2, 0) is 16.6 Å². The number of hydrogen-bond donors (Lipinski definition) is 3. The zero-order valence-corrected chi connectivity index (χ0v) is 22.4. The second-order valence-corrected chi connectivity index (χ2v) is 11.2. The van der Waals surface area contributed by atoms with E-state index in [1.807, 2.05) is 18.2 Å². The van der Waals surface area contributed by atoms with E-state index in [1.54, 1.807) is 11.1 Å². The van der Waals surface area contributed by atoms with Crippen molar-refractivity contribution in [3.8, 4) is 0 Å². The summed E-state index contributed by atoms with van der Waals surface area (Å²) in [6.07, 6.45) is 1.53. The van der Waals surface area contributed by atoms with Crippen LogP contribution in [0, 0.1) is 5.92 Å². The molecule has 2 aliphatic rings. The summed E-state index contributed by atoms with van der Waals surface area (Å²) in [6, 6.07) is 10.0. The molecule has 2 amide bonds. The maximum Gasteiger partial charge on any atom is 0.416 e. The van der Waals surface area contributed by atoms with Crippen LogP contribution in [0.15, 0.2) is 48.7 Å². The third-order valence-electron chi connectivity index (χ3n) is 7.76. The summed E-state index contributed by atoms with van der Waals surface area (Å²) in [5.74, 6) is -0.600. The highest BCUT2D eigenvalue weighted by molar-refractivity contribution is 5.96. The number of alkyl halides is 3. The number of benzene rings is 1. The van der Waals surface area contributed by atoms with Crippen molar-refractivity contribution < 1.29 is 27.9 Å². The van der Waals surface area contributed by atoms with E-state index in [0.29, 0.717) is 31.0 Å². The number of pyridine rings is 1. The van der Waals surface area contributed by atoms with Gasteiger partial charge in [0.1, 0.15) is 5.60 Å². The van der Waals surface area contributed by atoms with Gasteiger partial charge in [-0.2, -0.15) is 13.2 Å². The number of aromatic nitrogens is 1. The van der Waals surface area contributed by atoms with Gasteiger partial charge in [-0.1, -0.05) is 26.0 Å². The van der Waals surface area contributed by atoms with Gasteiger partial charge in [-0.15, -0.1) is 0 Å². The molecule has 0 bridgehead atoms. The predicted molar refractivity (Wildman–Crippen MR) is 141 cm³/mol. The Bertz CT molecular complexity index is 1130. The molecule has 1 aromatic carbocycles. The van der Waals surface area contributed by atoms with Crippen LogP contribution in [0.25, 0.3) is 0 Å². The molecule has 0 radical (unpaired) electrons. The topological polar surface area (TPSA) is 94.6 Å². The molecule has 1 aliphatic heterocycles. The summed E-state index contributed by atoms with van der Waals surface area (Å²) in [4.78, 5) is 31.8. The number of aliphatic hydroxyl groups is 1. The molecule has 2 heterocycles. The summed E-state index contributed by atoms with van der Waals surface area (Å²) in [6.45, 7) is 4.41. The summed E-state index contributed by atoms with van der Waals surface area (Å²) >= 11 is 0. The van der Waals surface area contributed by atoms with Crippen molar-refractivity contribution >= 4 is 11.8 Å². The van der Waals surface area contributed by atoms with Crippen LogP contribution >= 0.6 is 0 Å². The molecule has 39 heavy (non-hydrogen) atoms. The molecule has 1 saturated carbocycles. The Kier molecular flexibility index (Phi) is 8.96. The highest BCUT2D eigenvalue weighted by Crippen LogP contribution is 2.37. The fourth-order valence-corrected chi connectivity index (χ4v) is 5.80. The second kappa shape index (κ2) is 12.0. The van der Waals surface area contributed by atoms with E-state index in [-0.39, 0.29) is 36.1 Å². The van der Waals surface area contributed by atoms with Crippen LogP contribution < -0.4 is 10.6 Å². The quantitative estimate of drug-likeness (QED) is 0.460. The van der Waals surface area contributed by atoms with Gasteiger partial charge in [-0.25, -0.2) is 0 Å². The third-order valence-corrected chi connectivity index (χ3v) is 7.76. The highest BCUT2D eigenvalue weighted by atomic mass is 19.4. The van der Waals surface area contributed by atoms with Crippen molar-refractivity contribution in [1.82, 2.24) is 20.5 Å².